The minimum Gasteiger partial charge on any atom is -0.378 e. The van der Waals surface area contributed by atoms with Crippen LogP contribution in [0.5, 0.6) is 0 Å². The Balaban J connectivity index is 2.22. The molecule has 0 N–H and O–H groups in total. The third-order valence-corrected chi connectivity index (χ3v) is 3.99. The molecule has 0 amide bonds. The van der Waals surface area contributed by atoms with E-state index in [0.29, 0.717) is 16.5 Å². The van der Waals surface area contributed by atoms with Crippen molar-refractivity contribution < 1.29 is 0 Å². The maximum absolute atomic E-state index is 9.44. The van der Waals surface area contributed by atoms with Crippen molar-refractivity contribution in [2.24, 2.45) is 0 Å². The average Bonchev–Trinajstić information content (AvgIpc) is 2.47. The molecule has 0 spiro atoms. The SMILES string of the molecule is CN(C)c1ccc(C(C#N)Cc2ccc(Cl)cc2Cl)cc1. The third kappa shape index (κ3) is 3.91. The maximum atomic E-state index is 9.44. The highest BCUT2D eigenvalue weighted by Crippen LogP contribution is 2.28. The van der Waals surface area contributed by atoms with Crippen LogP contribution in [0.2, 0.25) is 10.0 Å². The number of benzene rings is 2. The average molecular weight is 319 g/mol. The number of hydrogen-bond acceptors (Lipinski definition) is 2. The summed E-state index contributed by atoms with van der Waals surface area (Å²) in [5, 5.41) is 10.6. The van der Waals surface area contributed by atoms with Crippen LogP contribution in [0, 0.1) is 11.3 Å². The Bertz CT molecular complexity index is 657. The van der Waals surface area contributed by atoms with Crippen molar-refractivity contribution in [3.8, 4) is 6.07 Å². The van der Waals surface area contributed by atoms with E-state index in [2.05, 4.69) is 6.07 Å². The van der Waals surface area contributed by atoms with Crippen molar-refractivity contribution in [3.63, 3.8) is 0 Å². The molecule has 2 aromatic carbocycles. The first-order chi connectivity index (χ1) is 10.0. The molecule has 108 valence electrons. The first-order valence-corrected chi connectivity index (χ1v) is 7.37. The van der Waals surface area contributed by atoms with Crippen LogP contribution >= 0.6 is 23.2 Å². The fraction of sp³-hybridized carbons (Fsp3) is 0.235. The highest BCUT2D eigenvalue weighted by atomic mass is 35.5. The van der Waals surface area contributed by atoms with Crippen LogP contribution in [-0.2, 0) is 6.42 Å². The molecule has 0 aliphatic carbocycles. The molecule has 21 heavy (non-hydrogen) atoms. The number of nitrogens with zero attached hydrogens (tertiary/aromatic N) is 2. The molecule has 2 aromatic rings. The summed E-state index contributed by atoms with van der Waals surface area (Å²) in [5.41, 5.74) is 3.04. The van der Waals surface area contributed by atoms with Gasteiger partial charge in [-0.3, -0.25) is 0 Å². The minimum absolute atomic E-state index is 0.222. The summed E-state index contributed by atoms with van der Waals surface area (Å²) >= 11 is 12.1. The third-order valence-electron chi connectivity index (χ3n) is 3.41. The van der Waals surface area contributed by atoms with Gasteiger partial charge in [-0.25, -0.2) is 0 Å². The van der Waals surface area contributed by atoms with Crippen LogP contribution in [0.3, 0.4) is 0 Å². The van der Waals surface area contributed by atoms with Gasteiger partial charge in [0.15, 0.2) is 0 Å². The fourth-order valence-electron chi connectivity index (χ4n) is 2.15. The molecule has 0 bridgehead atoms. The molecule has 0 fully saturated rings. The van der Waals surface area contributed by atoms with E-state index in [-0.39, 0.29) is 5.92 Å². The first-order valence-electron chi connectivity index (χ1n) is 6.62. The molecule has 0 heterocycles. The molecule has 0 aromatic heterocycles. The summed E-state index contributed by atoms with van der Waals surface area (Å²) in [4.78, 5) is 2.03. The van der Waals surface area contributed by atoms with Crippen molar-refractivity contribution >= 4 is 28.9 Å². The topological polar surface area (TPSA) is 27.0 Å². The monoisotopic (exact) mass is 318 g/mol. The molecule has 2 rings (SSSR count). The number of nitriles is 1. The predicted octanol–water partition coefficient (Wildman–Crippen LogP) is 4.91. The Kier molecular flexibility index (Phi) is 5.12. The molecular weight excluding hydrogens is 303 g/mol. The largest absolute Gasteiger partial charge is 0.378 e. The number of anilines is 1. The van der Waals surface area contributed by atoms with Crippen LogP contribution in [0.4, 0.5) is 5.69 Å². The van der Waals surface area contributed by atoms with E-state index in [4.69, 9.17) is 23.2 Å². The lowest BCUT2D eigenvalue weighted by molar-refractivity contribution is 0.849. The van der Waals surface area contributed by atoms with E-state index in [1.807, 2.05) is 49.3 Å². The van der Waals surface area contributed by atoms with Crippen molar-refractivity contribution in [3.05, 3.63) is 63.6 Å². The van der Waals surface area contributed by atoms with E-state index in [9.17, 15) is 5.26 Å². The molecule has 0 saturated heterocycles. The lowest BCUT2D eigenvalue weighted by atomic mass is 9.93. The highest BCUT2D eigenvalue weighted by molar-refractivity contribution is 6.35. The van der Waals surface area contributed by atoms with E-state index in [1.54, 1.807) is 12.1 Å². The lowest BCUT2D eigenvalue weighted by Crippen LogP contribution is -2.08. The summed E-state index contributed by atoms with van der Waals surface area (Å²) in [7, 11) is 3.98. The van der Waals surface area contributed by atoms with Gasteiger partial charge in [-0.2, -0.15) is 5.26 Å². The van der Waals surface area contributed by atoms with E-state index in [0.717, 1.165) is 16.8 Å². The Labute approximate surface area is 135 Å². The van der Waals surface area contributed by atoms with Gasteiger partial charge in [-0.15, -0.1) is 0 Å². The summed E-state index contributed by atoms with van der Waals surface area (Å²) in [6.07, 6.45) is 0.577. The van der Waals surface area contributed by atoms with Crippen LogP contribution in [-0.4, -0.2) is 14.1 Å². The van der Waals surface area contributed by atoms with E-state index < -0.39 is 0 Å². The Morgan fingerprint density at radius 3 is 2.29 bits per heavy atom. The molecule has 2 nitrogen and oxygen atoms in total. The highest BCUT2D eigenvalue weighted by Gasteiger charge is 2.14. The normalized spacial score (nSPS) is 11.8. The van der Waals surface area contributed by atoms with Gasteiger partial charge in [0.05, 0.1) is 12.0 Å². The molecule has 1 atom stereocenters. The summed E-state index contributed by atoms with van der Waals surface area (Å²) in [5.74, 6) is -0.222. The van der Waals surface area contributed by atoms with Crippen molar-refractivity contribution in [2.75, 3.05) is 19.0 Å². The molecule has 4 heteroatoms. The second-order valence-electron chi connectivity index (χ2n) is 5.11. The molecule has 0 aliphatic heterocycles. The van der Waals surface area contributed by atoms with E-state index >= 15 is 0 Å². The van der Waals surface area contributed by atoms with Gasteiger partial charge in [0.2, 0.25) is 0 Å². The van der Waals surface area contributed by atoms with Gasteiger partial charge in [-0.1, -0.05) is 41.4 Å². The predicted molar refractivity (Wildman–Crippen MR) is 89.3 cm³/mol. The second kappa shape index (κ2) is 6.85. The van der Waals surface area contributed by atoms with Crippen LogP contribution in [0.1, 0.15) is 17.0 Å². The van der Waals surface area contributed by atoms with Gasteiger partial charge in [-0.05, 0) is 41.8 Å². The van der Waals surface area contributed by atoms with Gasteiger partial charge in [0.1, 0.15) is 0 Å². The minimum atomic E-state index is -0.222. The molecule has 1 unspecified atom stereocenters. The Morgan fingerprint density at radius 2 is 1.76 bits per heavy atom. The standard InChI is InChI=1S/C17H16Cl2N2/c1-21(2)16-7-4-12(5-8-16)14(11-20)9-13-3-6-15(18)10-17(13)19/h3-8,10,14H,9H2,1-2H3. The van der Waals surface area contributed by atoms with Crippen LogP contribution < -0.4 is 4.90 Å². The smallest absolute Gasteiger partial charge is 0.0753 e. The molecular formula is C17H16Cl2N2. The fourth-order valence-corrected chi connectivity index (χ4v) is 2.64. The Hall–Kier alpha value is -1.69. The quantitative estimate of drug-likeness (QED) is 0.800. The van der Waals surface area contributed by atoms with Crippen LogP contribution in [0.15, 0.2) is 42.5 Å². The zero-order valence-corrected chi connectivity index (χ0v) is 13.5. The van der Waals surface area contributed by atoms with Gasteiger partial charge in [0.25, 0.3) is 0 Å². The molecule has 0 saturated carbocycles. The summed E-state index contributed by atoms with van der Waals surface area (Å²) in [6.45, 7) is 0. The van der Waals surface area contributed by atoms with Crippen molar-refractivity contribution in [1.82, 2.24) is 0 Å². The van der Waals surface area contributed by atoms with Gasteiger partial charge < -0.3 is 4.90 Å². The Morgan fingerprint density at radius 1 is 1.10 bits per heavy atom. The number of rotatable bonds is 4. The van der Waals surface area contributed by atoms with Crippen molar-refractivity contribution in [2.45, 2.75) is 12.3 Å². The molecule has 0 aliphatic rings. The zero-order chi connectivity index (χ0) is 15.4. The van der Waals surface area contributed by atoms with Crippen LogP contribution in [0.25, 0.3) is 0 Å². The maximum Gasteiger partial charge on any atom is 0.0753 e. The molecule has 0 radical (unpaired) electrons. The second-order valence-corrected chi connectivity index (χ2v) is 5.95. The van der Waals surface area contributed by atoms with Gasteiger partial charge in [0, 0.05) is 29.8 Å². The van der Waals surface area contributed by atoms with E-state index in [1.165, 1.54) is 0 Å². The zero-order valence-electron chi connectivity index (χ0n) is 12.0. The number of hydrogen-bond donors (Lipinski definition) is 0. The summed E-state index contributed by atoms with van der Waals surface area (Å²) < 4.78 is 0. The summed E-state index contributed by atoms with van der Waals surface area (Å²) in [6, 6.07) is 15.8. The lowest BCUT2D eigenvalue weighted by Gasteiger charge is -2.15. The van der Waals surface area contributed by atoms with Crippen molar-refractivity contribution in [1.29, 1.82) is 5.26 Å². The first kappa shape index (κ1) is 15.7. The number of halogens is 2. The van der Waals surface area contributed by atoms with Gasteiger partial charge >= 0.3 is 0 Å².